The largest absolute Gasteiger partial charge is 0.324 e. The van der Waals surface area contributed by atoms with Gasteiger partial charge in [0.25, 0.3) is 0 Å². The average Bonchev–Trinajstić information content (AvgIpc) is 2.63. The van der Waals surface area contributed by atoms with Crippen molar-refractivity contribution in [3.05, 3.63) is 53.8 Å². The fourth-order valence-electron chi connectivity index (χ4n) is 1.65. The Hall–Kier alpha value is 0.0600. The molecular formula is C12H9Br2ClFNS. The molecule has 0 saturated heterocycles. The molecule has 2 aromatic rings. The molecule has 0 radical (unpaired) electrons. The van der Waals surface area contributed by atoms with Gasteiger partial charge in [0.05, 0.1) is 7.57 Å². The summed E-state index contributed by atoms with van der Waals surface area (Å²) in [4.78, 5) is 0. The minimum Gasteiger partial charge on any atom is -0.324 e. The maximum Gasteiger partial charge on any atom is 0.126 e. The van der Waals surface area contributed by atoms with Crippen LogP contribution in [0.4, 0.5) is 4.39 Å². The van der Waals surface area contributed by atoms with Crippen LogP contribution in [0.15, 0.2) is 31.8 Å². The van der Waals surface area contributed by atoms with Crippen molar-refractivity contribution in [1.29, 1.82) is 0 Å². The molecule has 96 valence electrons. The highest BCUT2D eigenvalue weighted by atomic mass is 79.9. The SMILES string of the molecule is NC(Cc1cc(Cl)ccc1F)c1cc(Br)sc1Br. The molecule has 18 heavy (non-hydrogen) atoms. The molecule has 0 spiro atoms. The van der Waals surface area contributed by atoms with E-state index in [1.807, 2.05) is 6.07 Å². The molecule has 0 aliphatic rings. The maximum atomic E-state index is 13.6. The topological polar surface area (TPSA) is 26.0 Å². The molecule has 1 aromatic heterocycles. The van der Waals surface area contributed by atoms with Gasteiger partial charge >= 0.3 is 0 Å². The Bertz CT molecular complexity index is 573. The molecule has 1 unspecified atom stereocenters. The second-order valence-corrected chi connectivity index (χ2v) is 8.01. The number of hydrogen-bond donors (Lipinski definition) is 1. The second kappa shape index (κ2) is 6.01. The van der Waals surface area contributed by atoms with Gasteiger partial charge in [-0.1, -0.05) is 11.6 Å². The van der Waals surface area contributed by atoms with Gasteiger partial charge in [-0.2, -0.15) is 0 Å². The van der Waals surface area contributed by atoms with Gasteiger partial charge in [-0.15, -0.1) is 11.3 Å². The molecule has 0 fully saturated rings. The average molecular weight is 414 g/mol. The summed E-state index contributed by atoms with van der Waals surface area (Å²) in [6, 6.07) is 6.19. The number of rotatable bonds is 3. The standard InChI is InChI=1S/C12H9Br2ClFNS/c13-11-5-8(12(14)18-11)10(17)4-6-3-7(15)1-2-9(6)16/h1-3,5,10H,4,17H2. The molecule has 0 bridgehead atoms. The fourth-order valence-corrected chi connectivity index (χ4v) is 4.85. The summed E-state index contributed by atoms with van der Waals surface area (Å²) in [6.07, 6.45) is 0.411. The first-order valence-corrected chi connectivity index (χ1v) is 7.89. The van der Waals surface area contributed by atoms with E-state index in [4.69, 9.17) is 17.3 Å². The predicted molar refractivity (Wildman–Crippen MR) is 81.8 cm³/mol. The van der Waals surface area contributed by atoms with Gasteiger partial charge in [-0.3, -0.25) is 0 Å². The van der Waals surface area contributed by atoms with Crippen molar-refractivity contribution in [3.63, 3.8) is 0 Å². The highest BCUT2D eigenvalue weighted by Gasteiger charge is 2.16. The minimum atomic E-state index is -0.278. The Morgan fingerprint density at radius 2 is 2.06 bits per heavy atom. The molecule has 0 aliphatic heterocycles. The highest BCUT2D eigenvalue weighted by molar-refractivity contribution is 9.12. The van der Waals surface area contributed by atoms with Crippen molar-refractivity contribution in [2.24, 2.45) is 5.73 Å². The van der Waals surface area contributed by atoms with Gasteiger partial charge in [-0.25, -0.2) is 4.39 Å². The Balaban J connectivity index is 2.23. The molecule has 1 heterocycles. The number of benzene rings is 1. The first-order valence-electron chi connectivity index (χ1n) is 5.11. The summed E-state index contributed by atoms with van der Waals surface area (Å²) in [6.45, 7) is 0. The number of thiophene rings is 1. The quantitative estimate of drug-likeness (QED) is 0.725. The number of halogens is 4. The van der Waals surface area contributed by atoms with E-state index in [9.17, 15) is 4.39 Å². The highest BCUT2D eigenvalue weighted by Crippen LogP contribution is 2.36. The third-order valence-corrected chi connectivity index (χ3v) is 5.15. The zero-order chi connectivity index (χ0) is 13.3. The molecule has 0 amide bonds. The van der Waals surface area contributed by atoms with E-state index in [1.165, 1.54) is 12.1 Å². The van der Waals surface area contributed by atoms with Crippen LogP contribution in [0.2, 0.25) is 5.02 Å². The van der Waals surface area contributed by atoms with E-state index >= 15 is 0 Å². The van der Waals surface area contributed by atoms with Gasteiger partial charge in [0.15, 0.2) is 0 Å². The van der Waals surface area contributed by atoms with Crippen LogP contribution < -0.4 is 5.73 Å². The van der Waals surface area contributed by atoms with Crippen molar-refractivity contribution in [3.8, 4) is 0 Å². The normalized spacial score (nSPS) is 12.7. The summed E-state index contributed by atoms with van der Waals surface area (Å²) in [7, 11) is 0. The van der Waals surface area contributed by atoms with E-state index in [2.05, 4.69) is 31.9 Å². The van der Waals surface area contributed by atoms with Crippen LogP contribution >= 0.6 is 54.8 Å². The third-order valence-electron chi connectivity index (χ3n) is 2.53. The smallest absolute Gasteiger partial charge is 0.126 e. The summed E-state index contributed by atoms with van der Waals surface area (Å²) in [5, 5.41) is 0.518. The van der Waals surface area contributed by atoms with Gasteiger partial charge in [0.1, 0.15) is 5.82 Å². The summed E-state index contributed by atoms with van der Waals surface area (Å²) < 4.78 is 15.6. The Kier molecular flexibility index (Phi) is 4.83. The van der Waals surface area contributed by atoms with E-state index in [0.29, 0.717) is 17.0 Å². The predicted octanol–water partition coefficient (Wildman–Crippen LogP) is 5.31. The van der Waals surface area contributed by atoms with Crippen LogP contribution in [0.3, 0.4) is 0 Å². The van der Waals surface area contributed by atoms with E-state index < -0.39 is 0 Å². The van der Waals surface area contributed by atoms with Gasteiger partial charge in [0, 0.05) is 11.1 Å². The molecule has 6 heteroatoms. The molecule has 1 atom stereocenters. The van der Waals surface area contributed by atoms with Crippen molar-refractivity contribution in [2.45, 2.75) is 12.5 Å². The lowest BCUT2D eigenvalue weighted by atomic mass is 10.0. The lowest BCUT2D eigenvalue weighted by Gasteiger charge is -2.12. The lowest BCUT2D eigenvalue weighted by Crippen LogP contribution is -2.13. The maximum absolute atomic E-state index is 13.6. The first-order chi connectivity index (χ1) is 8.47. The van der Waals surface area contributed by atoms with Crippen molar-refractivity contribution in [1.82, 2.24) is 0 Å². The zero-order valence-corrected chi connectivity index (χ0v) is 13.8. The summed E-state index contributed by atoms with van der Waals surface area (Å²) in [5.41, 5.74) is 7.60. The van der Waals surface area contributed by atoms with Crippen LogP contribution in [0.5, 0.6) is 0 Å². The van der Waals surface area contributed by atoms with Gasteiger partial charge < -0.3 is 5.73 Å². The van der Waals surface area contributed by atoms with Gasteiger partial charge in [0.2, 0.25) is 0 Å². The van der Waals surface area contributed by atoms with E-state index in [0.717, 1.165) is 13.1 Å². The molecular weight excluding hydrogens is 404 g/mol. The molecule has 0 aliphatic carbocycles. The molecule has 1 aromatic carbocycles. The van der Waals surface area contributed by atoms with E-state index in [1.54, 1.807) is 17.4 Å². The monoisotopic (exact) mass is 411 g/mol. The Morgan fingerprint density at radius 3 is 2.67 bits per heavy atom. The lowest BCUT2D eigenvalue weighted by molar-refractivity contribution is 0.593. The third kappa shape index (κ3) is 3.33. The van der Waals surface area contributed by atoms with Crippen LogP contribution in [-0.4, -0.2) is 0 Å². The molecule has 1 nitrogen and oxygen atoms in total. The number of hydrogen-bond acceptors (Lipinski definition) is 2. The van der Waals surface area contributed by atoms with Crippen molar-refractivity contribution in [2.75, 3.05) is 0 Å². The Labute approximate surface area is 130 Å². The van der Waals surface area contributed by atoms with Crippen LogP contribution in [-0.2, 0) is 6.42 Å². The Morgan fingerprint density at radius 1 is 1.33 bits per heavy atom. The van der Waals surface area contributed by atoms with E-state index in [-0.39, 0.29) is 11.9 Å². The summed E-state index contributed by atoms with van der Waals surface area (Å²) in [5.74, 6) is -0.278. The second-order valence-electron chi connectivity index (χ2n) is 3.83. The first kappa shape index (κ1) is 14.5. The van der Waals surface area contributed by atoms with Crippen molar-refractivity contribution >= 4 is 54.8 Å². The molecule has 0 saturated carbocycles. The molecule has 2 rings (SSSR count). The minimum absolute atomic E-state index is 0.269. The van der Waals surface area contributed by atoms with Crippen LogP contribution in [0.1, 0.15) is 17.2 Å². The van der Waals surface area contributed by atoms with Gasteiger partial charge in [-0.05, 0) is 73.7 Å². The number of nitrogens with two attached hydrogens (primary N) is 1. The van der Waals surface area contributed by atoms with Crippen LogP contribution in [0, 0.1) is 5.82 Å². The molecule has 2 N–H and O–H groups in total. The van der Waals surface area contributed by atoms with Crippen LogP contribution in [0.25, 0.3) is 0 Å². The van der Waals surface area contributed by atoms with Crippen molar-refractivity contribution < 1.29 is 4.39 Å². The summed E-state index contributed by atoms with van der Waals surface area (Å²) >= 11 is 14.3. The zero-order valence-electron chi connectivity index (χ0n) is 9.09. The fraction of sp³-hybridized carbons (Fsp3) is 0.167.